The number of fused-ring (bicyclic) bond motifs is 1. The van der Waals surface area contributed by atoms with Crippen LogP contribution in [0.2, 0.25) is 0 Å². The molecule has 0 aromatic carbocycles. The second-order valence-electron chi connectivity index (χ2n) is 5.08. The molecule has 20 heavy (non-hydrogen) atoms. The summed E-state index contributed by atoms with van der Waals surface area (Å²) >= 11 is 0. The number of hydrogen-bond acceptors (Lipinski definition) is 3. The molecular formula is C14H19N3O3. The molecule has 0 spiro atoms. The standard InChI is InChI=1S/C14H19N3O3/c1-5-6-7-17-13(19)10-8-15(3)12(18)9(2)11(10)16(4)14(17)20/h8H,5-7H2,1-4H3. The Labute approximate surface area is 115 Å². The highest BCUT2D eigenvalue weighted by Crippen LogP contribution is 2.08. The third-order valence-corrected chi connectivity index (χ3v) is 3.64. The molecular weight excluding hydrogens is 258 g/mol. The van der Waals surface area contributed by atoms with Crippen LogP contribution in [-0.4, -0.2) is 13.7 Å². The summed E-state index contributed by atoms with van der Waals surface area (Å²) in [5.74, 6) is 0. The summed E-state index contributed by atoms with van der Waals surface area (Å²) in [5.41, 5.74) is -0.0408. The summed E-state index contributed by atoms with van der Waals surface area (Å²) in [4.78, 5) is 36.7. The number of pyridine rings is 1. The first-order valence-corrected chi connectivity index (χ1v) is 6.70. The van der Waals surface area contributed by atoms with E-state index in [-0.39, 0.29) is 16.8 Å². The maximum absolute atomic E-state index is 12.5. The predicted molar refractivity (Wildman–Crippen MR) is 78.3 cm³/mol. The van der Waals surface area contributed by atoms with Gasteiger partial charge in [-0.25, -0.2) is 4.79 Å². The van der Waals surface area contributed by atoms with Crippen molar-refractivity contribution in [3.8, 4) is 0 Å². The van der Waals surface area contributed by atoms with E-state index in [2.05, 4.69) is 0 Å². The number of rotatable bonds is 3. The zero-order valence-corrected chi connectivity index (χ0v) is 12.3. The summed E-state index contributed by atoms with van der Waals surface area (Å²) in [7, 11) is 3.20. The molecule has 0 bridgehead atoms. The van der Waals surface area contributed by atoms with Crippen molar-refractivity contribution >= 4 is 10.9 Å². The highest BCUT2D eigenvalue weighted by Gasteiger charge is 2.15. The fraction of sp³-hybridized carbons (Fsp3) is 0.500. The Hall–Kier alpha value is -2.11. The summed E-state index contributed by atoms with van der Waals surface area (Å²) in [6.07, 6.45) is 3.18. The minimum absolute atomic E-state index is 0.196. The van der Waals surface area contributed by atoms with Crippen LogP contribution in [0.5, 0.6) is 0 Å². The summed E-state index contributed by atoms with van der Waals surface area (Å²) in [6, 6.07) is 0. The second-order valence-corrected chi connectivity index (χ2v) is 5.08. The van der Waals surface area contributed by atoms with Crippen molar-refractivity contribution < 1.29 is 0 Å². The van der Waals surface area contributed by atoms with Gasteiger partial charge in [-0.1, -0.05) is 13.3 Å². The van der Waals surface area contributed by atoms with Crippen LogP contribution in [0, 0.1) is 6.92 Å². The van der Waals surface area contributed by atoms with Crippen LogP contribution in [-0.2, 0) is 20.6 Å². The molecule has 2 heterocycles. The van der Waals surface area contributed by atoms with Crippen molar-refractivity contribution in [3.05, 3.63) is 43.0 Å². The van der Waals surface area contributed by atoms with E-state index in [1.54, 1.807) is 21.0 Å². The molecule has 0 unspecified atom stereocenters. The Bertz CT molecular complexity index is 840. The van der Waals surface area contributed by atoms with E-state index < -0.39 is 0 Å². The fourth-order valence-corrected chi connectivity index (χ4v) is 2.49. The monoisotopic (exact) mass is 277 g/mol. The number of nitrogens with zero attached hydrogens (tertiary/aromatic N) is 3. The van der Waals surface area contributed by atoms with Gasteiger partial charge in [0, 0.05) is 32.4 Å². The lowest BCUT2D eigenvalue weighted by Gasteiger charge is -2.13. The molecule has 0 saturated heterocycles. The first-order chi connectivity index (χ1) is 9.40. The van der Waals surface area contributed by atoms with Crippen molar-refractivity contribution in [1.29, 1.82) is 0 Å². The molecule has 2 rings (SSSR count). The average Bonchev–Trinajstić information content (AvgIpc) is 2.42. The van der Waals surface area contributed by atoms with Gasteiger partial charge >= 0.3 is 5.69 Å². The molecule has 6 nitrogen and oxygen atoms in total. The van der Waals surface area contributed by atoms with Crippen molar-refractivity contribution in [3.63, 3.8) is 0 Å². The smallest absolute Gasteiger partial charge is 0.317 e. The first kappa shape index (κ1) is 14.3. The second kappa shape index (κ2) is 5.11. The van der Waals surface area contributed by atoms with E-state index in [1.165, 1.54) is 19.9 Å². The number of aromatic nitrogens is 3. The van der Waals surface area contributed by atoms with Crippen molar-refractivity contribution in [2.75, 3.05) is 0 Å². The van der Waals surface area contributed by atoms with Crippen LogP contribution in [0.4, 0.5) is 0 Å². The quantitative estimate of drug-likeness (QED) is 0.821. The molecule has 2 aromatic heterocycles. The molecule has 0 N–H and O–H groups in total. The van der Waals surface area contributed by atoms with Crippen LogP contribution in [0.1, 0.15) is 25.3 Å². The molecule has 2 aromatic rings. The molecule has 0 aliphatic carbocycles. The van der Waals surface area contributed by atoms with Crippen molar-refractivity contribution in [1.82, 2.24) is 13.7 Å². The first-order valence-electron chi connectivity index (χ1n) is 6.70. The summed E-state index contributed by atoms with van der Waals surface area (Å²) in [6.45, 7) is 4.05. The van der Waals surface area contributed by atoms with Crippen LogP contribution in [0.25, 0.3) is 10.9 Å². The van der Waals surface area contributed by atoms with Gasteiger partial charge in [0.2, 0.25) is 0 Å². The molecule has 6 heteroatoms. The Morgan fingerprint density at radius 1 is 1.10 bits per heavy atom. The Balaban J connectivity index is 2.97. The minimum atomic E-state index is -0.368. The molecule has 0 aliphatic rings. The van der Waals surface area contributed by atoms with E-state index in [4.69, 9.17) is 0 Å². The largest absolute Gasteiger partial charge is 0.331 e. The fourth-order valence-electron chi connectivity index (χ4n) is 2.49. The van der Waals surface area contributed by atoms with E-state index in [1.807, 2.05) is 6.92 Å². The van der Waals surface area contributed by atoms with Crippen molar-refractivity contribution in [2.45, 2.75) is 33.2 Å². The topological polar surface area (TPSA) is 66.0 Å². The molecule has 0 aliphatic heterocycles. The van der Waals surface area contributed by atoms with Gasteiger partial charge in [0.15, 0.2) is 0 Å². The SMILES string of the molecule is CCCCn1c(=O)c2cn(C)c(=O)c(C)c2n(C)c1=O. The normalized spacial score (nSPS) is 11.2. The lowest BCUT2D eigenvalue weighted by molar-refractivity contribution is 0.567. The van der Waals surface area contributed by atoms with Gasteiger partial charge in [0.05, 0.1) is 10.9 Å². The third-order valence-electron chi connectivity index (χ3n) is 3.64. The lowest BCUT2D eigenvalue weighted by Crippen LogP contribution is -2.40. The van der Waals surface area contributed by atoms with E-state index in [0.29, 0.717) is 23.0 Å². The van der Waals surface area contributed by atoms with E-state index in [0.717, 1.165) is 12.8 Å². The van der Waals surface area contributed by atoms with Gasteiger partial charge in [-0.15, -0.1) is 0 Å². The summed E-state index contributed by atoms with van der Waals surface area (Å²) in [5, 5.41) is 0.405. The Kier molecular flexibility index (Phi) is 3.65. The van der Waals surface area contributed by atoms with Crippen molar-refractivity contribution in [2.24, 2.45) is 14.1 Å². The zero-order valence-electron chi connectivity index (χ0n) is 12.3. The maximum atomic E-state index is 12.5. The average molecular weight is 277 g/mol. The van der Waals surface area contributed by atoms with E-state index in [9.17, 15) is 14.4 Å². The third kappa shape index (κ3) is 2.01. The molecule has 0 amide bonds. The van der Waals surface area contributed by atoms with E-state index >= 15 is 0 Å². The lowest BCUT2D eigenvalue weighted by atomic mass is 10.2. The van der Waals surface area contributed by atoms with Gasteiger partial charge in [-0.05, 0) is 13.3 Å². The zero-order chi connectivity index (χ0) is 15.0. The maximum Gasteiger partial charge on any atom is 0.331 e. The number of unbranched alkanes of at least 4 members (excludes halogenated alkanes) is 1. The van der Waals surface area contributed by atoms with Gasteiger partial charge in [-0.3, -0.25) is 18.7 Å². The highest BCUT2D eigenvalue weighted by atomic mass is 16.2. The predicted octanol–water partition coefficient (Wildman–Crippen LogP) is 0.507. The van der Waals surface area contributed by atoms with Crippen LogP contribution in [0.15, 0.2) is 20.6 Å². The molecule has 0 radical (unpaired) electrons. The van der Waals surface area contributed by atoms with Gasteiger partial charge in [0.25, 0.3) is 11.1 Å². The Morgan fingerprint density at radius 2 is 1.75 bits per heavy atom. The molecule has 108 valence electrons. The molecule has 0 saturated carbocycles. The molecule has 0 fully saturated rings. The molecule has 0 atom stereocenters. The number of aryl methyl sites for hydroxylation is 3. The van der Waals surface area contributed by atoms with Crippen LogP contribution < -0.4 is 16.8 Å². The summed E-state index contributed by atoms with van der Waals surface area (Å²) < 4.78 is 4.02. The Morgan fingerprint density at radius 3 is 2.35 bits per heavy atom. The minimum Gasteiger partial charge on any atom is -0.317 e. The van der Waals surface area contributed by atoms with Crippen LogP contribution in [0.3, 0.4) is 0 Å². The van der Waals surface area contributed by atoms with Crippen LogP contribution >= 0.6 is 0 Å². The number of hydrogen-bond donors (Lipinski definition) is 0. The van der Waals surface area contributed by atoms with Gasteiger partial charge in [0.1, 0.15) is 0 Å². The van der Waals surface area contributed by atoms with Gasteiger partial charge < -0.3 is 4.57 Å². The van der Waals surface area contributed by atoms with Gasteiger partial charge in [-0.2, -0.15) is 0 Å². The highest BCUT2D eigenvalue weighted by molar-refractivity contribution is 5.80.